The van der Waals surface area contributed by atoms with E-state index < -0.39 is 0 Å². The molecule has 7 nitrogen and oxygen atoms in total. The second-order valence-corrected chi connectivity index (χ2v) is 7.84. The van der Waals surface area contributed by atoms with Crippen molar-refractivity contribution in [3.05, 3.63) is 47.3 Å². The number of likely N-dealkylation sites (tertiary alicyclic amines) is 1. The monoisotopic (exact) mass is 412 g/mol. The Morgan fingerprint density at radius 1 is 1.20 bits per heavy atom. The van der Waals surface area contributed by atoms with Crippen molar-refractivity contribution in [2.45, 2.75) is 59.0 Å². The van der Waals surface area contributed by atoms with E-state index in [1.165, 1.54) is 0 Å². The van der Waals surface area contributed by atoms with Crippen molar-refractivity contribution in [2.24, 2.45) is 0 Å². The minimum absolute atomic E-state index is 0.0178. The Morgan fingerprint density at radius 3 is 2.60 bits per heavy atom. The lowest BCUT2D eigenvalue weighted by Crippen LogP contribution is -2.33. The van der Waals surface area contributed by atoms with Gasteiger partial charge in [0.25, 0.3) is 5.91 Å². The van der Waals surface area contributed by atoms with Gasteiger partial charge in [0.15, 0.2) is 6.61 Å². The topological polar surface area (TPSA) is 76.5 Å². The third-order valence-corrected chi connectivity index (χ3v) is 5.50. The van der Waals surface area contributed by atoms with E-state index in [0.717, 1.165) is 49.3 Å². The molecule has 1 aromatic heterocycles. The van der Waals surface area contributed by atoms with Gasteiger partial charge in [-0.3, -0.25) is 14.3 Å². The molecule has 1 aliphatic rings. The van der Waals surface area contributed by atoms with Gasteiger partial charge in [0.05, 0.1) is 11.7 Å². The minimum atomic E-state index is -0.170. The fraction of sp³-hybridized carbons (Fsp3) is 0.522. The number of nitrogens with zero attached hydrogens (tertiary/aromatic N) is 3. The van der Waals surface area contributed by atoms with E-state index in [2.05, 4.69) is 10.4 Å². The number of hydrogen-bond acceptors (Lipinski definition) is 4. The van der Waals surface area contributed by atoms with E-state index in [1.54, 1.807) is 0 Å². The highest BCUT2D eigenvalue weighted by Crippen LogP contribution is 2.27. The molecule has 1 saturated heterocycles. The summed E-state index contributed by atoms with van der Waals surface area (Å²) >= 11 is 0. The van der Waals surface area contributed by atoms with Crippen LogP contribution >= 0.6 is 0 Å². The second-order valence-electron chi connectivity index (χ2n) is 7.84. The predicted octanol–water partition coefficient (Wildman–Crippen LogP) is 3.16. The summed E-state index contributed by atoms with van der Waals surface area (Å²) in [7, 11) is 0. The van der Waals surface area contributed by atoms with E-state index in [1.807, 2.05) is 60.7 Å². The Kier molecular flexibility index (Phi) is 7.49. The van der Waals surface area contributed by atoms with Gasteiger partial charge in [-0.25, -0.2) is 0 Å². The summed E-state index contributed by atoms with van der Waals surface area (Å²) in [4.78, 5) is 26.7. The zero-order valence-corrected chi connectivity index (χ0v) is 18.2. The summed E-state index contributed by atoms with van der Waals surface area (Å²) < 4.78 is 7.72. The normalized spacial score (nSPS) is 14.6. The number of hydrogen-bond donors (Lipinski definition) is 1. The number of nitrogens with one attached hydrogen (secondary N) is 1. The van der Waals surface area contributed by atoms with E-state index >= 15 is 0 Å². The van der Waals surface area contributed by atoms with Crippen LogP contribution in [-0.2, 0) is 16.1 Å². The molecule has 162 valence electrons. The molecule has 1 atom stereocenters. The number of benzene rings is 1. The molecule has 2 heterocycles. The number of ether oxygens (including phenoxy) is 1. The third kappa shape index (κ3) is 5.62. The maximum Gasteiger partial charge on any atom is 0.260 e. The fourth-order valence-electron chi connectivity index (χ4n) is 3.87. The number of carbonyl (C=O) groups is 2. The van der Waals surface area contributed by atoms with Gasteiger partial charge in [-0.2, -0.15) is 5.10 Å². The summed E-state index contributed by atoms with van der Waals surface area (Å²) in [6.45, 7) is 8.16. The summed E-state index contributed by atoms with van der Waals surface area (Å²) in [5.41, 5.74) is 2.90. The van der Waals surface area contributed by atoms with Crippen molar-refractivity contribution < 1.29 is 14.3 Å². The Balaban J connectivity index is 1.59. The van der Waals surface area contributed by atoms with Crippen LogP contribution in [0.3, 0.4) is 0 Å². The molecule has 1 aromatic carbocycles. The Bertz CT molecular complexity index is 871. The van der Waals surface area contributed by atoms with Crippen LogP contribution in [0.15, 0.2) is 30.3 Å². The van der Waals surface area contributed by atoms with Gasteiger partial charge in [-0.15, -0.1) is 0 Å². The lowest BCUT2D eigenvalue weighted by atomic mass is 10.0. The summed E-state index contributed by atoms with van der Waals surface area (Å²) in [6, 6.07) is 9.45. The second kappa shape index (κ2) is 10.3. The summed E-state index contributed by atoms with van der Waals surface area (Å²) in [5, 5.41) is 7.52. The van der Waals surface area contributed by atoms with Crippen LogP contribution in [0.5, 0.6) is 5.75 Å². The zero-order chi connectivity index (χ0) is 21.5. The maximum atomic E-state index is 12.6. The largest absolute Gasteiger partial charge is 0.483 e. The van der Waals surface area contributed by atoms with E-state index in [0.29, 0.717) is 18.7 Å². The highest BCUT2D eigenvalue weighted by atomic mass is 16.5. The molecule has 7 heteroatoms. The van der Waals surface area contributed by atoms with Crippen molar-refractivity contribution in [3.63, 3.8) is 0 Å². The molecule has 0 bridgehead atoms. The Labute approximate surface area is 178 Å². The van der Waals surface area contributed by atoms with Gasteiger partial charge in [-0.1, -0.05) is 25.1 Å². The van der Waals surface area contributed by atoms with Crippen molar-refractivity contribution in [1.82, 2.24) is 20.0 Å². The number of aryl methyl sites for hydroxylation is 3. The number of rotatable bonds is 9. The molecule has 3 rings (SSSR count). The first-order valence-electron chi connectivity index (χ1n) is 10.8. The number of para-hydroxylation sites is 1. The SMILES string of the molecule is CCC(NC(=O)CCn1nc(C)cc1C)c1ccccc1OCC(=O)N1CCCC1. The van der Waals surface area contributed by atoms with Crippen molar-refractivity contribution in [2.75, 3.05) is 19.7 Å². The standard InChI is InChI=1S/C23H32N4O3/c1-4-20(24-22(28)11-14-27-18(3)15-17(2)25-27)19-9-5-6-10-21(19)30-16-23(29)26-12-7-8-13-26/h5-6,9-10,15,20H,4,7-8,11-14,16H2,1-3H3,(H,24,28). The maximum absolute atomic E-state index is 12.6. The first-order valence-corrected chi connectivity index (χ1v) is 10.8. The van der Waals surface area contributed by atoms with Crippen molar-refractivity contribution in [1.29, 1.82) is 0 Å². The van der Waals surface area contributed by atoms with Crippen LogP contribution in [-0.4, -0.2) is 46.2 Å². The fourth-order valence-corrected chi connectivity index (χ4v) is 3.87. The molecular formula is C23H32N4O3. The van der Waals surface area contributed by atoms with Crippen LogP contribution in [0.1, 0.15) is 55.6 Å². The minimum Gasteiger partial charge on any atom is -0.483 e. The lowest BCUT2D eigenvalue weighted by Gasteiger charge is -2.22. The van der Waals surface area contributed by atoms with Crippen molar-refractivity contribution >= 4 is 11.8 Å². The van der Waals surface area contributed by atoms with E-state index in [-0.39, 0.29) is 24.5 Å². The van der Waals surface area contributed by atoms with Crippen LogP contribution in [0.25, 0.3) is 0 Å². The molecule has 2 aromatic rings. The molecule has 0 aliphatic carbocycles. The number of carbonyl (C=O) groups excluding carboxylic acids is 2. The molecule has 1 aliphatic heterocycles. The van der Waals surface area contributed by atoms with Crippen LogP contribution in [0.4, 0.5) is 0 Å². The van der Waals surface area contributed by atoms with Gasteiger partial charge < -0.3 is 15.0 Å². The van der Waals surface area contributed by atoms with E-state index in [9.17, 15) is 9.59 Å². The molecule has 1 unspecified atom stereocenters. The molecule has 1 fully saturated rings. The summed E-state index contributed by atoms with van der Waals surface area (Å²) in [5.74, 6) is 0.636. The molecule has 1 N–H and O–H groups in total. The molecule has 0 spiro atoms. The van der Waals surface area contributed by atoms with Gasteiger partial charge in [0.1, 0.15) is 5.75 Å². The average Bonchev–Trinajstić information content (AvgIpc) is 3.38. The highest BCUT2D eigenvalue weighted by Gasteiger charge is 2.21. The van der Waals surface area contributed by atoms with Crippen LogP contribution in [0, 0.1) is 13.8 Å². The van der Waals surface area contributed by atoms with Gasteiger partial charge in [0, 0.05) is 37.3 Å². The smallest absolute Gasteiger partial charge is 0.260 e. The zero-order valence-electron chi connectivity index (χ0n) is 18.2. The Morgan fingerprint density at radius 2 is 1.93 bits per heavy atom. The first-order chi connectivity index (χ1) is 14.5. The van der Waals surface area contributed by atoms with Gasteiger partial charge in [0.2, 0.25) is 5.91 Å². The predicted molar refractivity (Wildman–Crippen MR) is 115 cm³/mol. The van der Waals surface area contributed by atoms with E-state index in [4.69, 9.17) is 4.74 Å². The molecule has 0 radical (unpaired) electrons. The summed E-state index contributed by atoms with van der Waals surface area (Å²) in [6.07, 6.45) is 3.20. The van der Waals surface area contributed by atoms with Gasteiger partial charge >= 0.3 is 0 Å². The molecule has 2 amide bonds. The first kappa shape index (κ1) is 21.9. The quantitative estimate of drug-likeness (QED) is 0.686. The highest BCUT2D eigenvalue weighted by molar-refractivity contribution is 5.78. The van der Waals surface area contributed by atoms with Crippen LogP contribution < -0.4 is 10.1 Å². The van der Waals surface area contributed by atoms with Gasteiger partial charge in [-0.05, 0) is 45.2 Å². The number of aromatic nitrogens is 2. The lowest BCUT2D eigenvalue weighted by molar-refractivity contribution is -0.132. The molecule has 30 heavy (non-hydrogen) atoms. The number of amides is 2. The third-order valence-electron chi connectivity index (χ3n) is 5.50. The Hall–Kier alpha value is -2.83. The van der Waals surface area contributed by atoms with Crippen molar-refractivity contribution in [3.8, 4) is 5.75 Å². The van der Waals surface area contributed by atoms with Crippen LogP contribution in [0.2, 0.25) is 0 Å². The average molecular weight is 413 g/mol. The molecular weight excluding hydrogens is 380 g/mol. The molecule has 0 saturated carbocycles.